The summed E-state index contributed by atoms with van der Waals surface area (Å²) < 4.78 is 38.0. The third-order valence-corrected chi connectivity index (χ3v) is 3.40. The van der Waals surface area contributed by atoms with Crippen LogP contribution in [-0.4, -0.2) is 25.8 Å². The lowest BCUT2D eigenvalue weighted by molar-refractivity contribution is -0.119. The van der Waals surface area contributed by atoms with E-state index in [2.05, 4.69) is 19.2 Å². The van der Waals surface area contributed by atoms with Crippen LogP contribution in [0.2, 0.25) is 5.02 Å². The van der Waals surface area contributed by atoms with Crippen molar-refractivity contribution in [3.63, 3.8) is 0 Å². The van der Waals surface area contributed by atoms with Gasteiger partial charge in [-0.1, -0.05) is 31.5 Å². The van der Waals surface area contributed by atoms with E-state index in [1.54, 1.807) is 25.1 Å². The lowest BCUT2D eigenvalue weighted by Gasteiger charge is -2.27. The molecule has 0 saturated carbocycles. The minimum atomic E-state index is -4.24. The Hall–Kier alpha value is -0.940. The zero-order valence-electron chi connectivity index (χ0n) is 12.6. The summed E-state index contributed by atoms with van der Waals surface area (Å²) in [6, 6.07) is 5.08. The van der Waals surface area contributed by atoms with E-state index >= 15 is 0 Å². The van der Waals surface area contributed by atoms with Crippen LogP contribution in [0.15, 0.2) is 18.2 Å². The zero-order chi connectivity index (χ0) is 16.0. The number of hydrogen-bond donors (Lipinski definition) is 1. The summed E-state index contributed by atoms with van der Waals surface area (Å²) in [5.74, 6) is 0.466. The average Bonchev–Trinajstić information content (AvgIpc) is 2.36. The fraction of sp³-hybridized carbons (Fsp3) is 0.600. The first-order chi connectivity index (χ1) is 9.74. The molecule has 0 aliphatic heterocycles. The van der Waals surface area contributed by atoms with Gasteiger partial charge in [-0.15, -0.1) is 0 Å². The van der Waals surface area contributed by atoms with Crippen LogP contribution >= 0.6 is 11.6 Å². The molecule has 1 rings (SSSR count). The maximum Gasteiger partial charge on any atom is 0.405 e. The molecule has 0 amide bonds. The number of halogens is 4. The van der Waals surface area contributed by atoms with E-state index in [9.17, 15) is 13.2 Å². The molecule has 2 nitrogen and oxygen atoms in total. The lowest BCUT2D eigenvalue weighted by atomic mass is 10.1. The van der Waals surface area contributed by atoms with Crippen molar-refractivity contribution in [2.45, 2.75) is 33.5 Å². The highest BCUT2D eigenvalue weighted by Crippen LogP contribution is 2.30. The van der Waals surface area contributed by atoms with Gasteiger partial charge in [-0.2, -0.15) is 13.2 Å². The standard InChI is InChI=1S/C15H22ClF3N2/c1-4-21(10-15(17,18)19)14-7-5-6-13(16)12(14)9-20-8-11(2)3/h5-7,11,20H,4,8-10H2,1-3H3. The van der Waals surface area contributed by atoms with Crippen molar-refractivity contribution in [3.05, 3.63) is 28.8 Å². The summed E-state index contributed by atoms with van der Waals surface area (Å²) in [7, 11) is 0. The highest BCUT2D eigenvalue weighted by molar-refractivity contribution is 6.31. The second kappa shape index (κ2) is 7.90. The summed E-state index contributed by atoms with van der Waals surface area (Å²) >= 11 is 6.17. The molecule has 0 atom stereocenters. The first-order valence-electron chi connectivity index (χ1n) is 7.04. The van der Waals surface area contributed by atoms with Crippen LogP contribution in [0.5, 0.6) is 0 Å². The third kappa shape index (κ3) is 6.14. The van der Waals surface area contributed by atoms with E-state index in [0.29, 0.717) is 28.7 Å². The van der Waals surface area contributed by atoms with Crippen LogP contribution in [0, 0.1) is 5.92 Å². The normalized spacial score (nSPS) is 12.0. The molecule has 0 saturated heterocycles. The van der Waals surface area contributed by atoms with Crippen molar-refractivity contribution >= 4 is 17.3 Å². The lowest BCUT2D eigenvalue weighted by Crippen LogP contribution is -2.35. The van der Waals surface area contributed by atoms with E-state index in [1.165, 1.54) is 4.90 Å². The fourth-order valence-corrected chi connectivity index (χ4v) is 2.32. The largest absolute Gasteiger partial charge is 0.405 e. The van der Waals surface area contributed by atoms with E-state index in [-0.39, 0.29) is 6.54 Å². The molecular weight excluding hydrogens is 301 g/mol. The summed E-state index contributed by atoms with van der Waals surface area (Å²) in [6.45, 7) is 6.40. The summed E-state index contributed by atoms with van der Waals surface area (Å²) in [5.41, 5.74) is 1.25. The van der Waals surface area contributed by atoms with Crippen molar-refractivity contribution in [1.29, 1.82) is 0 Å². The van der Waals surface area contributed by atoms with Gasteiger partial charge < -0.3 is 10.2 Å². The molecule has 0 fully saturated rings. The van der Waals surface area contributed by atoms with Gasteiger partial charge in [0, 0.05) is 29.4 Å². The second-order valence-corrected chi connectivity index (χ2v) is 5.80. The SMILES string of the molecule is CCN(CC(F)(F)F)c1cccc(Cl)c1CNCC(C)C. The molecule has 0 radical (unpaired) electrons. The maximum atomic E-state index is 12.7. The van der Waals surface area contributed by atoms with Crippen LogP contribution in [0.1, 0.15) is 26.3 Å². The monoisotopic (exact) mass is 322 g/mol. The predicted molar refractivity (Wildman–Crippen MR) is 81.9 cm³/mol. The smallest absolute Gasteiger partial charge is 0.363 e. The summed E-state index contributed by atoms with van der Waals surface area (Å²) in [6.07, 6.45) is -4.24. The van der Waals surface area contributed by atoms with Gasteiger partial charge in [0.05, 0.1) is 0 Å². The molecule has 21 heavy (non-hydrogen) atoms. The quantitative estimate of drug-likeness (QED) is 0.796. The Balaban J connectivity index is 2.96. The van der Waals surface area contributed by atoms with Gasteiger partial charge in [0.25, 0.3) is 0 Å². The first kappa shape index (κ1) is 18.1. The molecule has 0 bridgehead atoms. The van der Waals surface area contributed by atoms with Crippen LogP contribution in [0.25, 0.3) is 0 Å². The Morgan fingerprint density at radius 2 is 1.95 bits per heavy atom. The summed E-state index contributed by atoms with van der Waals surface area (Å²) in [5, 5.41) is 3.72. The highest BCUT2D eigenvalue weighted by atomic mass is 35.5. The Morgan fingerprint density at radius 3 is 2.48 bits per heavy atom. The molecule has 0 aromatic heterocycles. The van der Waals surface area contributed by atoms with Crippen molar-refractivity contribution in [3.8, 4) is 0 Å². The molecule has 0 unspecified atom stereocenters. The highest BCUT2D eigenvalue weighted by Gasteiger charge is 2.31. The van der Waals surface area contributed by atoms with Crippen LogP contribution in [-0.2, 0) is 6.54 Å². The van der Waals surface area contributed by atoms with Gasteiger partial charge in [-0.3, -0.25) is 0 Å². The first-order valence-corrected chi connectivity index (χ1v) is 7.42. The zero-order valence-corrected chi connectivity index (χ0v) is 13.4. The number of nitrogens with zero attached hydrogens (tertiary/aromatic N) is 1. The van der Waals surface area contributed by atoms with Crippen LogP contribution in [0.3, 0.4) is 0 Å². The Labute approximate surface area is 129 Å². The minimum absolute atomic E-state index is 0.275. The van der Waals surface area contributed by atoms with Crippen molar-refractivity contribution in [1.82, 2.24) is 5.32 Å². The Kier molecular flexibility index (Phi) is 6.81. The van der Waals surface area contributed by atoms with E-state index < -0.39 is 12.7 Å². The van der Waals surface area contributed by atoms with Crippen molar-refractivity contribution in [2.75, 3.05) is 24.5 Å². The second-order valence-electron chi connectivity index (χ2n) is 5.39. The van der Waals surface area contributed by atoms with Crippen LogP contribution < -0.4 is 10.2 Å². The molecule has 0 aliphatic rings. The van der Waals surface area contributed by atoms with Gasteiger partial charge in [-0.25, -0.2) is 0 Å². The molecule has 120 valence electrons. The molecule has 6 heteroatoms. The molecule has 0 heterocycles. The topological polar surface area (TPSA) is 15.3 Å². The van der Waals surface area contributed by atoms with Gasteiger partial charge in [0.2, 0.25) is 0 Å². The number of alkyl halides is 3. The third-order valence-electron chi connectivity index (χ3n) is 3.04. The molecular formula is C15H22ClF3N2. The van der Waals surface area contributed by atoms with Crippen molar-refractivity contribution < 1.29 is 13.2 Å². The van der Waals surface area contributed by atoms with Gasteiger partial charge in [0.1, 0.15) is 6.54 Å². The molecule has 1 N–H and O–H groups in total. The molecule has 1 aromatic carbocycles. The minimum Gasteiger partial charge on any atom is -0.363 e. The van der Waals surface area contributed by atoms with Crippen molar-refractivity contribution in [2.24, 2.45) is 5.92 Å². The number of hydrogen-bond acceptors (Lipinski definition) is 2. The average molecular weight is 323 g/mol. The van der Waals surface area contributed by atoms with E-state index in [4.69, 9.17) is 11.6 Å². The number of nitrogens with one attached hydrogen (secondary N) is 1. The Bertz CT molecular complexity index is 447. The van der Waals surface area contributed by atoms with Crippen LogP contribution in [0.4, 0.5) is 18.9 Å². The Morgan fingerprint density at radius 1 is 1.29 bits per heavy atom. The van der Waals surface area contributed by atoms with E-state index in [0.717, 1.165) is 6.54 Å². The molecule has 1 aromatic rings. The van der Waals surface area contributed by atoms with E-state index in [1.807, 2.05) is 0 Å². The number of anilines is 1. The van der Waals surface area contributed by atoms with Gasteiger partial charge in [-0.05, 0) is 31.5 Å². The number of benzene rings is 1. The number of rotatable bonds is 7. The van der Waals surface area contributed by atoms with Gasteiger partial charge >= 0.3 is 6.18 Å². The summed E-state index contributed by atoms with van der Waals surface area (Å²) in [4.78, 5) is 1.30. The molecule has 0 spiro atoms. The molecule has 0 aliphatic carbocycles. The fourth-order valence-electron chi connectivity index (χ4n) is 2.09. The van der Waals surface area contributed by atoms with Gasteiger partial charge in [0.15, 0.2) is 0 Å². The maximum absolute atomic E-state index is 12.7. The predicted octanol–water partition coefficient (Wildman–Crippen LogP) is 4.47.